The molecule has 1 amide bonds. The number of benzene rings is 3. The highest BCUT2D eigenvalue weighted by molar-refractivity contribution is 5.94. The quantitative estimate of drug-likeness (QED) is 0.533. The molecule has 0 saturated heterocycles. The Morgan fingerprint density at radius 2 is 1.52 bits per heavy atom. The molecule has 0 atom stereocenters. The molecule has 0 aliphatic rings. The van der Waals surface area contributed by atoms with E-state index < -0.39 is 30.7 Å². The number of carboxylic acid groups (broad SMARTS) is 1. The third kappa shape index (κ3) is 5.85. The van der Waals surface area contributed by atoms with Gasteiger partial charge in [-0.1, -0.05) is 24.3 Å². The molecule has 31 heavy (non-hydrogen) atoms. The van der Waals surface area contributed by atoms with Crippen molar-refractivity contribution >= 4 is 11.9 Å². The largest absolute Gasteiger partial charge is 0.478 e. The van der Waals surface area contributed by atoms with Crippen LogP contribution in [0.5, 0.6) is 11.5 Å². The SMILES string of the molecule is O=C(O)c1ccc(CN(CC(F)F)C(=O)c2ccc(Oc3ccccc3F)cc2)cc1. The first-order chi connectivity index (χ1) is 14.8. The summed E-state index contributed by atoms with van der Waals surface area (Å²) in [4.78, 5) is 24.7. The van der Waals surface area contributed by atoms with E-state index in [0.717, 1.165) is 4.90 Å². The summed E-state index contributed by atoms with van der Waals surface area (Å²) in [6.07, 6.45) is -2.74. The van der Waals surface area contributed by atoms with Crippen LogP contribution in [0.2, 0.25) is 0 Å². The second-order valence-corrected chi connectivity index (χ2v) is 6.64. The maximum absolute atomic E-state index is 13.7. The van der Waals surface area contributed by atoms with Gasteiger partial charge >= 0.3 is 5.97 Å². The maximum Gasteiger partial charge on any atom is 0.335 e. The lowest BCUT2D eigenvalue weighted by Gasteiger charge is -2.23. The van der Waals surface area contributed by atoms with E-state index in [2.05, 4.69) is 0 Å². The second kappa shape index (κ2) is 9.80. The van der Waals surface area contributed by atoms with E-state index in [4.69, 9.17) is 9.84 Å². The van der Waals surface area contributed by atoms with Gasteiger partial charge in [-0.3, -0.25) is 4.79 Å². The van der Waals surface area contributed by atoms with E-state index >= 15 is 0 Å². The first-order valence-electron chi connectivity index (χ1n) is 9.25. The minimum Gasteiger partial charge on any atom is -0.478 e. The lowest BCUT2D eigenvalue weighted by molar-refractivity contribution is 0.0534. The molecular weight excluding hydrogens is 411 g/mol. The van der Waals surface area contributed by atoms with Crippen LogP contribution in [0.3, 0.4) is 0 Å². The van der Waals surface area contributed by atoms with Gasteiger partial charge in [-0.2, -0.15) is 0 Å². The van der Waals surface area contributed by atoms with Crippen molar-refractivity contribution < 1.29 is 32.6 Å². The number of carbonyl (C=O) groups excluding carboxylic acids is 1. The van der Waals surface area contributed by atoms with Crippen LogP contribution in [-0.2, 0) is 6.54 Å². The number of carboxylic acids is 1. The maximum atomic E-state index is 13.7. The minimum atomic E-state index is -2.74. The highest BCUT2D eigenvalue weighted by Crippen LogP contribution is 2.25. The van der Waals surface area contributed by atoms with E-state index in [-0.39, 0.29) is 29.2 Å². The fraction of sp³-hybridized carbons (Fsp3) is 0.130. The van der Waals surface area contributed by atoms with Gasteiger partial charge in [0.15, 0.2) is 11.6 Å². The van der Waals surface area contributed by atoms with Crippen molar-refractivity contribution in [1.29, 1.82) is 0 Å². The van der Waals surface area contributed by atoms with Crippen molar-refractivity contribution in [2.24, 2.45) is 0 Å². The number of aromatic carboxylic acids is 1. The highest BCUT2D eigenvalue weighted by Gasteiger charge is 2.20. The summed E-state index contributed by atoms with van der Waals surface area (Å²) in [6, 6.07) is 17.2. The van der Waals surface area contributed by atoms with Crippen LogP contribution in [-0.4, -0.2) is 34.9 Å². The van der Waals surface area contributed by atoms with Gasteiger partial charge in [0, 0.05) is 12.1 Å². The normalized spacial score (nSPS) is 10.7. The van der Waals surface area contributed by atoms with Crippen molar-refractivity contribution in [2.75, 3.05) is 6.54 Å². The van der Waals surface area contributed by atoms with Crippen molar-refractivity contribution in [3.05, 3.63) is 95.3 Å². The Hall–Kier alpha value is -3.81. The van der Waals surface area contributed by atoms with Gasteiger partial charge in [0.05, 0.1) is 12.1 Å². The Kier molecular flexibility index (Phi) is 6.92. The number of hydrogen-bond donors (Lipinski definition) is 1. The van der Waals surface area contributed by atoms with Crippen LogP contribution in [0, 0.1) is 5.82 Å². The van der Waals surface area contributed by atoms with E-state index in [1.54, 1.807) is 6.07 Å². The monoisotopic (exact) mass is 429 g/mol. The Bertz CT molecular complexity index is 1050. The zero-order valence-corrected chi connectivity index (χ0v) is 16.2. The molecule has 0 radical (unpaired) electrons. The van der Waals surface area contributed by atoms with Crippen molar-refractivity contribution in [3.8, 4) is 11.5 Å². The topological polar surface area (TPSA) is 66.8 Å². The smallest absolute Gasteiger partial charge is 0.335 e. The summed E-state index contributed by atoms with van der Waals surface area (Å²) in [5.74, 6) is -1.97. The molecule has 0 spiro atoms. The molecule has 5 nitrogen and oxygen atoms in total. The number of halogens is 3. The number of ether oxygens (including phenoxy) is 1. The lowest BCUT2D eigenvalue weighted by Crippen LogP contribution is -2.34. The van der Waals surface area contributed by atoms with Crippen LogP contribution >= 0.6 is 0 Å². The van der Waals surface area contributed by atoms with Gasteiger partial charge in [-0.05, 0) is 54.1 Å². The first kappa shape index (κ1) is 21.9. The molecule has 0 aliphatic carbocycles. The summed E-state index contributed by atoms with van der Waals surface area (Å²) in [5.41, 5.74) is 0.725. The number of nitrogens with zero attached hydrogens (tertiary/aromatic N) is 1. The summed E-state index contributed by atoms with van der Waals surface area (Å²) in [5, 5.41) is 8.95. The van der Waals surface area contributed by atoms with Gasteiger partial charge in [0.1, 0.15) is 5.75 Å². The highest BCUT2D eigenvalue weighted by atomic mass is 19.3. The summed E-state index contributed by atoms with van der Waals surface area (Å²) in [7, 11) is 0. The third-order valence-corrected chi connectivity index (χ3v) is 4.39. The van der Waals surface area contributed by atoms with E-state index in [0.29, 0.717) is 5.56 Å². The molecule has 0 aliphatic heterocycles. The Balaban J connectivity index is 1.74. The molecular formula is C23H18F3NO4. The summed E-state index contributed by atoms with van der Waals surface area (Å²) < 4.78 is 45.2. The van der Waals surface area contributed by atoms with Crippen LogP contribution in [0.4, 0.5) is 13.2 Å². The number of carbonyl (C=O) groups is 2. The average molecular weight is 429 g/mol. The van der Waals surface area contributed by atoms with Crippen LogP contribution in [0.1, 0.15) is 26.3 Å². The van der Waals surface area contributed by atoms with Crippen molar-refractivity contribution in [3.63, 3.8) is 0 Å². The minimum absolute atomic E-state index is 0.0192. The van der Waals surface area contributed by atoms with Gasteiger partial charge in [-0.25, -0.2) is 18.0 Å². The third-order valence-electron chi connectivity index (χ3n) is 4.39. The Morgan fingerprint density at radius 1 is 0.903 bits per heavy atom. The standard InChI is InChI=1S/C23H18F3NO4/c24-19-3-1-2-4-20(19)31-18-11-9-16(10-12-18)22(28)27(14-21(25)26)13-15-5-7-17(8-6-15)23(29)30/h1-12,21H,13-14H2,(H,29,30). The fourth-order valence-electron chi connectivity index (χ4n) is 2.86. The van der Waals surface area contributed by atoms with E-state index in [9.17, 15) is 22.8 Å². The molecule has 3 aromatic rings. The van der Waals surface area contributed by atoms with Gasteiger partial charge in [-0.15, -0.1) is 0 Å². The van der Waals surface area contributed by atoms with Gasteiger partial charge < -0.3 is 14.7 Å². The molecule has 0 saturated carbocycles. The first-order valence-corrected chi connectivity index (χ1v) is 9.25. The number of amides is 1. The predicted molar refractivity (Wildman–Crippen MR) is 107 cm³/mol. The van der Waals surface area contributed by atoms with Gasteiger partial charge in [0.2, 0.25) is 0 Å². The number of hydrogen-bond acceptors (Lipinski definition) is 3. The number of para-hydroxylation sites is 1. The molecule has 1 N–H and O–H groups in total. The van der Waals surface area contributed by atoms with Crippen LogP contribution in [0.15, 0.2) is 72.8 Å². The average Bonchev–Trinajstić information content (AvgIpc) is 2.75. The molecule has 0 heterocycles. The molecule has 0 bridgehead atoms. The summed E-state index contributed by atoms with van der Waals surface area (Å²) >= 11 is 0. The molecule has 3 rings (SSSR count). The van der Waals surface area contributed by atoms with E-state index in [1.807, 2.05) is 0 Å². The zero-order valence-electron chi connectivity index (χ0n) is 16.2. The second-order valence-electron chi connectivity index (χ2n) is 6.64. The molecule has 0 fully saturated rings. The fourth-order valence-corrected chi connectivity index (χ4v) is 2.86. The molecule has 8 heteroatoms. The molecule has 0 aromatic heterocycles. The van der Waals surface area contributed by atoms with Gasteiger partial charge in [0.25, 0.3) is 12.3 Å². The predicted octanol–water partition coefficient (Wildman–Crippen LogP) is 5.22. The molecule has 3 aromatic carbocycles. The summed E-state index contributed by atoms with van der Waals surface area (Å²) in [6.45, 7) is -0.899. The van der Waals surface area contributed by atoms with Crippen LogP contribution < -0.4 is 4.74 Å². The Labute approximate surface area is 176 Å². The number of alkyl halides is 2. The molecule has 0 unspecified atom stereocenters. The van der Waals surface area contributed by atoms with Crippen molar-refractivity contribution in [2.45, 2.75) is 13.0 Å². The Morgan fingerprint density at radius 3 is 2.10 bits per heavy atom. The van der Waals surface area contributed by atoms with Crippen molar-refractivity contribution in [1.82, 2.24) is 4.90 Å². The zero-order chi connectivity index (χ0) is 22.4. The van der Waals surface area contributed by atoms with Crippen LogP contribution in [0.25, 0.3) is 0 Å². The lowest BCUT2D eigenvalue weighted by atomic mass is 10.1. The molecule has 160 valence electrons. The number of rotatable bonds is 8. The van der Waals surface area contributed by atoms with E-state index in [1.165, 1.54) is 66.7 Å².